The Kier molecular flexibility index (Phi) is 2.12. The van der Waals surface area contributed by atoms with Crippen molar-refractivity contribution in [2.24, 2.45) is 0 Å². The van der Waals surface area contributed by atoms with E-state index >= 15 is 0 Å². The van der Waals surface area contributed by atoms with Crippen LogP contribution in [0, 0.1) is 13.8 Å². The van der Waals surface area contributed by atoms with E-state index in [-0.39, 0.29) is 5.56 Å². The standard InChI is InChI=1S/C16H19N/c1-11(2)15-10-17-16(9-13(15)4)14-8-6-5-7-12(14)3/h5-11H,1-4H3/i4D3,11D. The average Bonchev–Trinajstić information content (AvgIpc) is 2.36. The Labute approximate surface area is 109 Å². The van der Waals surface area contributed by atoms with E-state index in [2.05, 4.69) is 4.98 Å². The van der Waals surface area contributed by atoms with Crippen LogP contribution < -0.4 is 0 Å². The second-order valence-corrected chi connectivity index (χ2v) is 4.43. The van der Waals surface area contributed by atoms with Gasteiger partial charge in [-0.3, -0.25) is 4.98 Å². The van der Waals surface area contributed by atoms with Crippen molar-refractivity contribution < 1.29 is 5.48 Å². The quantitative estimate of drug-likeness (QED) is 0.739. The molecular formula is C16H19N. The molecule has 2 rings (SSSR count). The highest BCUT2D eigenvalue weighted by Crippen LogP contribution is 2.25. The van der Waals surface area contributed by atoms with E-state index in [0.717, 1.165) is 11.1 Å². The maximum absolute atomic E-state index is 8.12. The molecule has 0 unspecified atom stereocenters. The van der Waals surface area contributed by atoms with Gasteiger partial charge in [-0.15, -0.1) is 0 Å². The molecule has 0 bridgehead atoms. The minimum absolute atomic E-state index is 0.204. The minimum atomic E-state index is -2.26. The van der Waals surface area contributed by atoms with E-state index in [0.29, 0.717) is 11.3 Å². The SMILES string of the molecule is [2H]C([2H])([2H])c1cc(-c2ccccc2C)ncc1C([2H])(C)C. The van der Waals surface area contributed by atoms with Crippen LogP contribution in [0.5, 0.6) is 0 Å². The molecule has 1 nitrogen and oxygen atoms in total. The summed E-state index contributed by atoms with van der Waals surface area (Å²) in [6, 6.07) is 9.33. The third kappa shape index (κ3) is 2.38. The Morgan fingerprint density at radius 3 is 2.65 bits per heavy atom. The number of hydrogen-bond donors (Lipinski definition) is 0. The molecule has 0 N–H and O–H groups in total. The Morgan fingerprint density at radius 2 is 2.00 bits per heavy atom. The molecule has 1 aromatic carbocycles. The fraction of sp³-hybridized carbons (Fsp3) is 0.312. The van der Waals surface area contributed by atoms with E-state index in [1.165, 1.54) is 6.20 Å². The Bertz CT molecular complexity index is 654. The van der Waals surface area contributed by atoms with Crippen molar-refractivity contribution in [3.8, 4) is 11.3 Å². The largest absolute Gasteiger partial charge is 0.256 e. The van der Waals surface area contributed by atoms with Crippen molar-refractivity contribution in [1.29, 1.82) is 0 Å². The first-order valence-electron chi connectivity index (χ1n) is 7.68. The first kappa shape index (κ1) is 7.65. The second kappa shape index (κ2) is 4.70. The number of nitrogens with zero attached hydrogens (tertiary/aromatic N) is 1. The molecular weight excluding hydrogens is 206 g/mol. The Balaban J connectivity index is 2.66. The van der Waals surface area contributed by atoms with E-state index < -0.39 is 12.7 Å². The highest BCUT2D eigenvalue weighted by Gasteiger charge is 2.07. The predicted octanol–water partition coefficient (Wildman–Crippen LogP) is 4.49. The first-order chi connectivity index (χ1) is 9.60. The lowest BCUT2D eigenvalue weighted by atomic mass is 9.97. The maximum Gasteiger partial charge on any atom is 0.0707 e. The lowest BCUT2D eigenvalue weighted by molar-refractivity contribution is 0.848. The maximum atomic E-state index is 8.12. The summed E-state index contributed by atoms with van der Waals surface area (Å²) in [7, 11) is 0. The number of aryl methyl sites for hydroxylation is 2. The third-order valence-corrected chi connectivity index (χ3v) is 2.86. The molecule has 0 spiro atoms. The van der Waals surface area contributed by atoms with Gasteiger partial charge in [-0.2, -0.15) is 0 Å². The van der Waals surface area contributed by atoms with Crippen LogP contribution in [0.2, 0.25) is 0 Å². The molecule has 0 saturated carbocycles. The highest BCUT2D eigenvalue weighted by atomic mass is 14.7. The summed E-state index contributed by atoms with van der Waals surface area (Å²) < 4.78 is 31.3. The Morgan fingerprint density at radius 1 is 1.24 bits per heavy atom. The van der Waals surface area contributed by atoms with Gasteiger partial charge in [-0.1, -0.05) is 38.1 Å². The van der Waals surface area contributed by atoms with Crippen molar-refractivity contribution >= 4 is 0 Å². The predicted molar refractivity (Wildman–Crippen MR) is 73.2 cm³/mol. The van der Waals surface area contributed by atoms with Crippen LogP contribution in [-0.2, 0) is 0 Å². The smallest absolute Gasteiger partial charge is 0.0707 e. The molecule has 0 atom stereocenters. The number of aromatic nitrogens is 1. The monoisotopic (exact) mass is 229 g/mol. The molecule has 0 saturated heterocycles. The van der Waals surface area contributed by atoms with Gasteiger partial charge in [0.1, 0.15) is 0 Å². The van der Waals surface area contributed by atoms with Crippen LogP contribution in [0.15, 0.2) is 36.5 Å². The number of benzene rings is 1. The normalized spacial score (nSPS) is 15.7. The summed E-state index contributed by atoms with van der Waals surface area (Å²) in [6.07, 6.45) is 1.52. The molecule has 0 fully saturated rings. The van der Waals surface area contributed by atoms with Crippen molar-refractivity contribution in [3.63, 3.8) is 0 Å². The van der Waals surface area contributed by atoms with Crippen LogP contribution >= 0.6 is 0 Å². The molecule has 88 valence electrons. The van der Waals surface area contributed by atoms with Crippen molar-refractivity contribution in [2.75, 3.05) is 0 Å². The van der Waals surface area contributed by atoms with Gasteiger partial charge in [0.25, 0.3) is 0 Å². The fourth-order valence-corrected chi connectivity index (χ4v) is 1.86. The van der Waals surface area contributed by atoms with Crippen LogP contribution in [0.4, 0.5) is 0 Å². The second-order valence-electron chi connectivity index (χ2n) is 4.43. The van der Waals surface area contributed by atoms with Crippen LogP contribution in [0.3, 0.4) is 0 Å². The van der Waals surface area contributed by atoms with E-state index in [4.69, 9.17) is 5.48 Å². The lowest BCUT2D eigenvalue weighted by Crippen LogP contribution is -1.96. The van der Waals surface area contributed by atoms with Gasteiger partial charge in [0, 0.05) is 17.2 Å². The molecule has 0 aliphatic rings. The van der Waals surface area contributed by atoms with Gasteiger partial charge in [0.2, 0.25) is 0 Å². The fourth-order valence-electron chi connectivity index (χ4n) is 1.86. The molecule has 2 aromatic rings. The molecule has 0 radical (unpaired) electrons. The summed E-state index contributed by atoms with van der Waals surface area (Å²) in [5, 5.41) is 0. The molecule has 1 heteroatoms. The van der Waals surface area contributed by atoms with Crippen molar-refractivity contribution in [1.82, 2.24) is 4.98 Å². The van der Waals surface area contributed by atoms with Gasteiger partial charge < -0.3 is 0 Å². The van der Waals surface area contributed by atoms with Crippen molar-refractivity contribution in [3.05, 3.63) is 53.2 Å². The van der Waals surface area contributed by atoms with Gasteiger partial charge in [0.15, 0.2) is 0 Å². The molecule has 1 heterocycles. The molecule has 0 amide bonds. The average molecular weight is 229 g/mol. The molecule has 1 aromatic heterocycles. The van der Waals surface area contributed by atoms with Gasteiger partial charge in [0.05, 0.1) is 5.69 Å². The zero-order valence-electron chi connectivity index (χ0n) is 14.4. The summed E-state index contributed by atoms with van der Waals surface area (Å²) in [5.41, 5.74) is 3.24. The lowest BCUT2D eigenvalue weighted by Gasteiger charge is -2.11. The topological polar surface area (TPSA) is 12.9 Å². The van der Waals surface area contributed by atoms with E-state index in [1.807, 2.05) is 31.2 Å². The summed E-state index contributed by atoms with van der Waals surface area (Å²) >= 11 is 0. The zero-order valence-corrected chi connectivity index (χ0v) is 10.4. The van der Waals surface area contributed by atoms with Crippen molar-refractivity contribution in [2.45, 2.75) is 33.5 Å². The Hall–Kier alpha value is -1.63. The van der Waals surface area contributed by atoms with Gasteiger partial charge in [-0.05, 0) is 42.4 Å². The highest BCUT2D eigenvalue weighted by molar-refractivity contribution is 5.64. The first-order valence-corrected chi connectivity index (χ1v) is 5.68. The summed E-state index contributed by atoms with van der Waals surface area (Å²) in [6.45, 7) is 3.06. The number of rotatable bonds is 2. The zero-order chi connectivity index (χ0) is 15.8. The van der Waals surface area contributed by atoms with Crippen LogP contribution in [0.1, 0.15) is 41.9 Å². The molecule has 0 aliphatic carbocycles. The summed E-state index contributed by atoms with van der Waals surface area (Å²) in [4.78, 5) is 4.38. The van der Waals surface area contributed by atoms with Crippen LogP contribution in [0.25, 0.3) is 11.3 Å². The van der Waals surface area contributed by atoms with Gasteiger partial charge in [-0.25, -0.2) is 0 Å². The summed E-state index contributed by atoms with van der Waals surface area (Å²) in [5.74, 6) is -0.999. The number of pyridine rings is 1. The third-order valence-electron chi connectivity index (χ3n) is 2.86. The molecule has 17 heavy (non-hydrogen) atoms. The van der Waals surface area contributed by atoms with E-state index in [9.17, 15) is 0 Å². The number of hydrogen-bond acceptors (Lipinski definition) is 1. The minimum Gasteiger partial charge on any atom is -0.256 e. The van der Waals surface area contributed by atoms with E-state index in [1.54, 1.807) is 19.9 Å². The van der Waals surface area contributed by atoms with Gasteiger partial charge >= 0.3 is 0 Å². The molecule has 0 aliphatic heterocycles. The van der Waals surface area contributed by atoms with Crippen LogP contribution in [-0.4, -0.2) is 4.98 Å².